The van der Waals surface area contributed by atoms with Crippen molar-refractivity contribution in [2.24, 2.45) is 5.92 Å². The van der Waals surface area contributed by atoms with Gasteiger partial charge in [-0.25, -0.2) is 4.57 Å². The van der Waals surface area contributed by atoms with Crippen LogP contribution in [0.3, 0.4) is 0 Å². The van der Waals surface area contributed by atoms with Crippen molar-refractivity contribution in [1.82, 2.24) is 0 Å². The van der Waals surface area contributed by atoms with E-state index in [-0.39, 0.29) is 0 Å². The highest BCUT2D eigenvalue weighted by Crippen LogP contribution is 2.25. The minimum Gasteiger partial charge on any atom is -0.396 e. The third-order valence-electron chi connectivity index (χ3n) is 4.95. The summed E-state index contributed by atoms with van der Waals surface area (Å²) in [6, 6.07) is 0. The summed E-state index contributed by atoms with van der Waals surface area (Å²) in [5, 5.41) is 9.27. The van der Waals surface area contributed by atoms with Gasteiger partial charge in [-0.05, 0) is 30.3 Å². The second-order valence-corrected chi connectivity index (χ2v) is 10.2. The fourth-order valence-electron chi connectivity index (χ4n) is 3.28. The van der Waals surface area contributed by atoms with E-state index in [9.17, 15) is 5.11 Å². The molecule has 29 heavy (non-hydrogen) atoms. The van der Waals surface area contributed by atoms with Crippen molar-refractivity contribution >= 4 is 19.6 Å². The molecule has 0 aliphatic carbocycles. The van der Waals surface area contributed by atoms with Crippen LogP contribution < -0.4 is 0 Å². The van der Waals surface area contributed by atoms with E-state index in [4.69, 9.17) is 19.2 Å². The lowest BCUT2D eigenvalue weighted by Crippen LogP contribution is -2.08. The Morgan fingerprint density at radius 3 is 1.41 bits per heavy atom. The molecular formula is C22H49O5PS. The van der Waals surface area contributed by atoms with Crippen molar-refractivity contribution in [3.8, 4) is 0 Å². The van der Waals surface area contributed by atoms with E-state index in [2.05, 4.69) is 25.6 Å². The van der Waals surface area contributed by atoms with Gasteiger partial charge in [0, 0.05) is 6.61 Å². The van der Waals surface area contributed by atoms with Gasteiger partial charge < -0.3 is 19.8 Å². The van der Waals surface area contributed by atoms with Crippen LogP contribution in [0, 0.1) is 5.92 Å². The maximum absolute atomic E-state index is 9.27. The fourth-order valence-corrected chi connectivity index (χ4v) is 4.46. The average molecular weight is 457 g/mol. The summed E-state index contributed by atoms with van der Waals surface area (Å²) in [4.78, 5) is 21.6. The fraction of sp³-hybridized carbons (Fsp3) is 1.00. The highest BCUT2D eigenvalue weighted by Gasteiger charge is 2.05. The Kier molecular flexibility index (Phi) is 26.9. The van der Waals surface area contributed by atoms with Crippen molar-refractivity contribution in [3.05, 3.63) is 0 Å². The third-order valence-corrected chi connectivity index (χ3v) is 6.24. The van der Waals surface area contributed by atoms with Crippen molar-refractivity contribution in [2.75, 3.05) is 18.1 Å². The standard InChI is InChI=1S/C22H46OS.H3O4P/c1-3-5-6-7-8-9-10-11-12-13-14-15-16-17-19-24-21-22(20-23)18-4-2;1-5(2,3)4/h22-23H,3-21H2,1-2H3;(H3,1,2,3,4). The molecule has 4 N–H and O–H groups in total. The molecule has 0 aliphatic heterocycles. The summed E-state index contributed by atoms with van der Waals surface area (Å²) in [6.45, 7) is 4.87. The van der Waals surface area contributed by atoms with Gasteiger partial charge in [0.2, 0.25) is 0 Å². The van der Waals surface area contributed by atoms with Crippen LogP contribution in [-0.4, -0.2) is 37.9 Å². The first kappa shape index (κ1) is 31.6. The van der Waals surface area contributed by atoms with Crippen molar-refractivity contribution in [1.29, 1.82) is 0 Å². The Morgan fingerprint density at radius 1 is 0.690 bits per heavy atom. The van der Waals surface area contributed by atoms with Crippen LogP contribution in [0.4, 0.5) is 0 Å². The molecule has 178 valence electrons. The summed E-state index contributed by atoms with van der Waals surface area (Å²) in [7, 11) is -4.64. The molecule has 0 aromatic rings. The van der Waals surface area contributed by atoms with Crippen molar-refractivity contribution < 1.29 is 24.4 Å². The van der Waals surface area contributed by atoms with Gasteiger partial charge >= 0.3 is 7.82 Å². The zero-order chi connectivity index (χ0) is 22.2. The van der Waals surface area contributed by atoms with Gasteiger partial charge in [0.25, 0.3) is 0 Å². The van der Waals surface area contributed by atoms with Crippen LogP contribution in [0.25, 0.3) is 0 Å². The molecule has 0 saturated carbocycles. The smallest absolute Gasteiger partial charge is 0.396 e. The number of rotatable bonds is 20. The molecule has 1 atom stereocenters. The largest absolute Gasteiger partial charge is 0.466 e. The first-order valence-corrected chi connectivity index (χ1v) is 14.5. The van der Waals surface area contributed by atoms with Gasteiger partial charge in [0.15, 0.2) is 0 Å². The maximum Gasteiger partial charge on any atom is 0.466 e. The van der Waals surface area contributed by atoms with E-state index in [1.807, 2.05) is 0 Å². The zero-order valence-corrected chi connectivity index (χ0v) is 20.8. The first-order chi connectivity index (χ1) is 13.8. The summed E-state index contributed by atoms with van der Waals surface area (Å²) in [6.07, 6.45) is 22.5. The molecule has 7 heteroatoms. The lowest BCUT2D eigenvalue weighted by molar-refractivity contribution is 0.232. The van der Waals surface area contributed by atoms with Gasteiger partial charge in [-0.3, -0.25) is 0 Å². The highest BCUT2D eigenvalue weighted by atomic mass is 32.2. The van der Waals surface area contributed by atoms with Crippen LogP contribution in [0.5, 0.6) is 0 Å². The zero-order valence-electron chi connectivity index (χ0n) is 19.1. The maximum atomic E-state index is 9.27. The molecule has 0 aliphatic rings. The summed E-state index contributed by atoms with van der Waals surface area (Å²) < 4.78 is 8.88. The Bertz CT molecular complexity index is 344. The predicted octanol–water partition coefficient (Wildman–Crippen LogP) is 6.68. The van der Waals surface area contributed by atoms with Crippen molar-refractivity contribution in [3.63, 3.8) is 0 Å². The topological polar surface area (TPSA) is 98.0 Å². The molecule has 0 amide bonds. The second kappa shape index (κ2) is 24.7. The molecule has 0 radical (unpaired) electrons. The lowest BCUT2D eigenvalue weighted by Gasteiger charge is -2.12. The van der Waals surface area contributed by atoms with E-state index in [1.54, 1.807) is 0 Å². The van der Waals surface area contributed by atoms with Crippen LogP contribution in [0.15, 0.2) is 0 Å². The molecule has 0 fully saturated rings. The van der Waals surface area contributed by atoms with Crippen LogP contribution in [0.1, 0.15) is 117 Å². The minimum atomic E-state index is -4.64. The monoisotopic (exact) mass is 456 g/mol. The Morgan fingerprint density at radius 2 is 1.07 bits per heavy atom. The highest BCUT2D eigenvalue weighted by molar-refractivity contribution is 7.99. The Labute approximate surface area is 184 Å². The van der Waals surface area contributed by atoms with Crippen LogP contribution in [0.2, 0.25) is 0 Å². The quantitative estimate of drug-likeness (QED) is 0.120. The normalized spacial score (nSPS) is 12.5. The number of phosphoric acid groups is 1. The summed E-state index contributed by atoms with van der Waals surface area (Å²) >= 11 is 2.05. The minimum absolute atomic E-state index is 0.375. The van der Waals surface area contributed by atoms with E-state index in [1.165, 1.54) is 108 Å². The Hall–Kier alpha value is 0.420. The molecular weight excluding hydrogens is 407 g/mol. The van der Waals surface area contributed by atoms with E-state index in [0.717, 1.165) is 5.75 Å². The molecule has 1 unspecified atom stereocenters. The van der Waals surface area contributed by atoms with E-state index < -0.39 is 7.82 Å². The third kappa shape index (κ3) is 36.2. The second-order valence-electron chi connectivity index (χ2n) is 8.02. The number of thioether (sulfide) groups is 1. The van der Waals surface area contributed by atoms with Gasteiger partial charge in [-0.15, -0.1) is 0 Å². The van der Waals surface area contributed by atoms with Crippen LogP contribution in [-0.2, 0) is 4.57 Å². The first-order valence-electron chi connectivity index (χ1n) is 11.8. The molecule has 0 saturated heterocycles. The summed E-state index contributed by atoms with van der Waals surface area (Å²) in [5.41, 5.74) is 0. The molecule has 0 aromatic carbocycles. The van der Waals surface area contributed by atoms with Gasteiger partial charge in [-0.1, -0.05) is 104 Å². The number of hydrogen-bond donors (Lipinski definition) is 4. The van der Waals surface area contributed by atoms with E-state index in [0.29, 0.717) is 12.5 Å². The number of unbranched alkanes of at least 4 members (excludes halogenated alkanes) is 13. The van der Waals surface area contributed by atoms with Crippen molar-refractivity contribution in [2.45, 2.75) is 117 Å². The summed E-state index contributed by atoms with van der Waals surface area (Å²) in [5.74, 6) is 2.98. The molecule has 0 aromatic heterocycles. The SMILES string of the molecule is CCCCCCCCCCCCCCCCSCC(CO)CCC.O=P(O)(O)O. The lowest BCUT2D eigenvalue weighted by atomic mass is 10.0. The number of aliphatic hydroxyl groups is 1. The van der Waals surface area contributed by atoms with Crippen LogP contribution >= 0.6 is 19.6 Å². The average Bonchev–Trinajstić information content (AvgIpc) is 2.65. The van der Waals surface area contributed by atoms with Gasteiger partial charge in [0.05, 0.1) is 0 Å². The molecule has 0 heterocycles. The number of hydrogen-bond acceptors (Lipinski definition) is 3. The van der Waals surface area contributed by atoms with E-state index >= 15 is 0 Å². The number of aliphatic hydroxyl groups excluding tert-OH is 1. The molecule has 0 rings (SSSR count). The molecule has 5 nitrogen and oxygen atoms in total. The molecule has 0 bridgehead atoms. The van der Waals surface area contributed by atoms with Gasteiger partial charge in [0.1, 0.15) is 0 Å². The van der Waals surface area contributed by atoms with Gasteiger partial charge in [-0.2, -0.15) is 11.8 Å². The predicted molar refractivity (Wildman–Crippen MR) is 127 cm³/mol. The Balaban J connectivity index is 0. The molecule has 0 spiro atoms.